The van der Waals surface area contributed by atoms with Crippen LogP contribution in [0.1, 0.15) is 47.8 Å². The highest BCUT2D eigenvalue weighted by Gasteiger charge is 2.41. The first kappa shape index (κ1) is 17.8. The number of amides is 1. The topological polar surface area (TPSA) is 142 Å². The number of nitro benzene ring substituents is 1. The molecule has 0 atom stereocenters. The van der Waals surface area contributed by atoms with Crippen LogP contribution < -0.4 is 5.32 Å². The van der Waals surface area contributed by atoms with Crippen LogP contribution in [-0.4, -0.2) is 35.7 Å². The molecule has 2 aromatic heterocycles. The Morgan fingerprint density at radius 1 is 1.36 bits per heavy atom. The predicted molar refractivity (Wildman–Crippen MR) is 94.7 cm³/mol. The van der Waals surface area contributed by atoms with Gasteiger partial charge < -0.3 is 9.84 Å². The molecule has 28 heavy (non-hydrogen) atoms. The molecular formula is C17H17N7O4. The van der Waals surface area contributed by atoms with Crippen molar-refractivity contribution in [2.45, 2.75) is 38.1 Å². The Labute approximate surface area is 158 Å². The van der Waals surface area contributed by atoms with Gasteiger partial charge in [0.05, 0.1) is 4.92 Å². The van der Waals surface area contributed by atoms with Crippen molar-refractivity contribution in [2.24, 2.45) is 0 Å². The fourth-order valence-corrected chi connectivity index (χ4v) is 3.50. The summed E-state index contributed by atoms with van der Waals surface area (Å²) in [4.78, 5) is 31.9. The van der Waals surface area contributed by atoms with Gasteiger partial charge in [-0.15, -0.1) is 0 Å². The number of aromatic nitrogens is 5. The van der Waals surface area contributed by atoms with Crippen molar-refractivity contribution in [1.29, 1.82) is 0 Å². The second kappa shape index (κ2) is 6.83. The highest BCUT2D eigenvalue weighted by atomic mass is 16.6. The standard InChI is InChI=1S/C17H17N7O4/c1-11-20-16(22-28-11)17(6-2-3-7-17)21-15(25)12-4-5-13(14(8-12)24(26)27)23-10-18-9-19-23/h4-5,8-10H,2-3,6-7H2,1H3,(H,21,25). The summed E-state index contributed by atoms with van der Waals surface area (Å²) in [6.07, 6.45) is 5.82. The van der Waals surface area contributed by atoms with Crippen LogP contribution >= 0.6 is 0 Å². The average Bonchev–Trinajstić information content (AvgIpc) is 3.43. The Bertz CT molecular complexity index is 1020. The molecule has 1 N–H and O–H groups in total. The van der Waals surface area contributed by atoms with Crippen LogP contribution in [-0.2, 0) is 5.54 Å². The molecule has 1 fully saturated rings. The quantitative estimate of drug-likeness (QED) is 0.521. The van der Waals surface area contributed by atoms with Gasteiger partial charge in [0, 0.05) is 18.6 Å². The Morgan fingerprint density at radius 3 is 2.75 bits per heavy atom. The van der Waals surface area contributed by atoms with Crippen LogP contribution in [0.3, 0.4) is 0 Å². The Hall–Kier alpha value is -3.63. The summed E-state index contributed by atoms with van der Waals surface area (Å²) < 4.78 is 6.36. The van der Waals surface area contributed by atoms with Gasteiger partial charge in [-0.3, -0.25) is 14.9 Å². The Kier molecular flexibility index (Phi) is 4.34. The lowest BCUT2D eigenvalue weighted by molar-refractivity contribution is -0.384. The lowest BCUT2D eigenvalue weighted by Crippen LogP contribution is -2.44. The molecule has 0 radical (unpaired) electrons. The highest BCUT2D eigenvalue weighted by Crippen LogP contribution is 2.37. The van der Waals surface area contributed by atoms with E-state index < -0.39 is 16.4 Å². The molecule has 0 spiro atoms. The average molecular weight is 383 g/mol. The molecule has 144 valence electrons. The van der Waals surface area contributed by atoms with Crippen molar-refractivity contribution in [2.75, 3.05) is 0 Å². The van der Waals surface area contributed by atoms with E-state index in [0.29, 0.717) is 24.6 Å². The number of nitro groups is 1. The fraction of sp³-hybridized carbons (Fsp3) is 0.353. The predicted octanol–water partition coefficient (Wildman–Crippen LogP) is 2.07. The number of carbonyl (C=O) groups excluding carboxylic acids is 1. The number of nitrogens with one attached hydrogen (secondary N) is 1. The largest absolute Gasteiger partial charge is 0.340 e. The van der Waals surface area contributed by atoms with Crippen molar-refractivity contribution < 1.29 is 14.2 Å². The first-order chi connectivity index (χ1) is 13.5. The maximum Gasteiger partial charge on any atom is 0.295 e. The molecule has 1 aromatic carbocycles. The number of nitrogens with zero attached hydrogens (tertiary/aromatic N) is 6. The molecule has 0 unspecified atom stereocenters. The van der Waals surface area contributed by atoms with E-state index in [9.17, 15) is 14.9 Å². The summed E-state index contributed by atoms with van der Waals surface area (Å²) in [5.74, 6) is 0.422. The number of hydrogen-bond acceptors (Lipinski definition) is 8. The first-order valence-corrected chi connectivity index (χ1v) is 8.75. The molecule has 0 bridgehead atoms. The lowest BCUT2D eigenvalue weighted by atomic mass is 9.95. The zero-order valence-corrected chi connectivity index (χ0v) is 15.0. The zero-order valence-electron chi connectivity index (χ0n) is 15.0. The summed E-state index contributed by atoms with van der Waals surface area (Å²) in [6, 6.07) is 4.22. The normalized spacial score (nSPS) is 15.5. The smallest absolute Gasteiger partial charge is 0.295 e. The van der Waals surface area contributed by atoms with Gasteiger partial charge in [-0.25, -0.2) is 9.67 Å². The molecule has 3 aromatic rings. The summed E-state index contributed by atoms with van der Waals surface area (Å²) in [6.45, 7) is 1.69. The van der Waals surface area contributed by atoms with Crippen molar-refractivity contribution in [3.63, 3.8) is 0 Å². The minimum absolute atomic E-state index is 0.169. The second-order valence-electron chi connectivity index (χ2n) is 6.68. The van der Waals surface area contributed by atoms with Gasteiger partial charge in [-0.05, 0) is 25.0 Å². The van der Waals surface area contributed by atoms with E-state index >= 15 is 0 Å². The number of hydrogen-bond donors (Lipinski definition) is 1. The van der Waals surface area contributed by atoms with Gasteiger partial charge >= 0.3 is 0 Å². The minimum Gasteiger partial charge on any atom is -0.340 e. The third kappa shape index (κ3) is 3.10. The SMILES string of the molecule is Cc1nc(C2(NC(=O)c3ccc(-n4cncn4)c([N+](=O)[O-])c3)CCCC2)no1. The molecule has 2 heterocycles. The van der Waals surface area contributed by atoms with E-state index in [1.807, 2.05) is 0 Å². The third-order valence-corrected chi connectivity index (χ3v) is 4.87. The van der Waals surface area contributed by atoms with Crippen molar-refractivity contribution >= 4 is 11.6 Å². The summed E-state index contributed by atoms with van der Waals surface area (Å²) >= 11 is 0. The molecule has 11 nitrogen and oxygen atoms in total. The molecule has 0 aliphatic heterocycles. The van der Waals surface area contributed by atoms with Crippen LogP contribution in [0.2, 0.25) is 0 Å². The van der Waals surface area contributed by atoms with E-state index in [1.54, 1.807) is 6.92 Å². The summed E-state index contributed by atoms with van der Waals surface area (Å²) in [5, 5.41) is 22.4. The maximum absolute atomic E-state index is 12.9. The van der Waals surface area contributed by atoms with Crippen LogP contribution in [0.4, 0.5) is 5.69 Å². The van der Waals surface area contributed by atoms with Crippen LogP contribution in [0, 0.1) is 17.0 Å². The molecule has 1 saturated carbocycles. The number of carbonyl (C=O) groups is 1. The molecule has 1 aliphatic carbocycles. The molecule has 1 amide bonds. The zero-order chi connectivity index (χ0) is 19.7. The Balaban J connectivity index is 1.66. The molecular weight excluding hydrogens is 366 g/mol. The monoisotopic (exact) mass is 383 g/mol. The van der Waals surface area contributed by atoms with Crippen molar-refractivity contribution in [3.8, 4) is 5.69 Å². The van der Waals surface area contributed by atoms with E-state index in [4.69, 9.17) is 4.52 Å². The third-order valence-electron chi connectivity index (χ3n) is 4.87. The molecule has 11 heteroatoms. The van der Waals surface area contributed by atoms with Gasteiger partial charge in [0.15, 0.2) is 5.82 Å². The first-order valence-electron chi connectivity index (χ1n) is 8.75. The fourth-order valence-electron chi connectivity index (χ4n) is 3.50. The second-order valence-corrected chi connectivity index (χ2v) is 6.68. The van der Waals surface area contributed by atoms with Crippen LogP contribution in [0.25, 0.3) is 5.69 Å². The minimum atomic E-state index is -0.728. The van der Waals surface area contributed by atoms with Gasteiger partial charge in [0.1, 0.15) is 23.9 Å². The van der Waals surface area contributed by atoms with Gasteiger partial charge in [-0.2, -0.15) is 10.1 Å². The van der Waals surface area contributed by atoms with Crippen LogP contribution in [0.5, 0.6) is 0 Å². The van der Waals surface area contributed by atoms with E-state index in [-0.39, 0.29) is 16.9 Å². The van der Waals surface area contributed by atoms with Gasteiger partial charge in [-0.1, -0.05) is 18.0 Å². The lowest BCUT2D eigenvalue weighted by Gasteiger charge is -2.26. The Morgan fingerprint density at radius 2 is 2.14 bits per heavy atom. The van der Waals surface area contributed by atoms with Crippen molar-refractivity contribution in [1.82, 2.24) is 30.2 Å². The number of benzene rings is 1. The van der Waals surface area contributed by atoms with E-state index in [0.717, 1.165) is 12.8 Å². The number of rotatable bonds is 5. The van der Waals surface area contributed by atoms with Gasteiger partial charge in [0.2, 0.25) is 5.89 Å². The van der Waals surface area contributed by atoms with E-state index in [1.165, 1.54) is 35.5 Å². The van der Waals surface area contributed by atoms with E-state index in [2.05, 4.69) is 25.5 Å². The summed E-state index contributed by atoms with van der Waals surface area (Å²) in [5.41, 5.74) is -0.576. The highest BCUT2D eigenvalue weighted by molar-refractivity contribution is 5.95. The maximum atomic E-state index is 12.9. The van der Waals surface area contributed by atoms with Crippen molar-refractivity contribution in [3.05, 3.63) is 58.2 Å². The van der Waals surface area contributed by atoms with Gasteiger partial charge in [0.25, 0.3) is 11.6 Å². The molecule has 1 aliphatic rings. The number of aryl methyl sites for hydroxylation is 1. The summed E-state index contributed by atoms with van der Waals surface area (Å²) in [7, 11) is 0. The molecule has 0 saturated heterocycles. The molecule has 4 rings (SSSR count). The van der Waals surface area contributed by atoms with Crippen LogP contribution in [0.15, 0.2) is 35.4 Å².